The number of rotatable bonds is 5. The van der Waals surface area contributed by atoms with Crippen LogP contribution in [-0.2, 0) is 9.59 Å². The number of hydrogen-bond donors (Lipinski definition) is 2. The number of carbonyl (C=O) groups excluding carboxylic acids is 2. The zero-order valence-corrected chi connectivity index (χ0v) is 13.7. The molecule has 5 nitrogen and oxygen atoms in total. The first-order valence-corrected chi connectivity index (χ1v) is 7.90. The van der Waals surface area contributed by atoms with Crippen LogP contribution in [0.15, 0.2) is 24.3 Å². The number of nitrogens with one attached hydrogen (secondary N) is 2. The van der Waals surface area contributed by atoms with E-state index in [1.807, 2.05) is 52.0 Å². The third kappa shape index (κ3) is 3.40. The molecule has 0 fully saturated rings. The van der Waals surface area contributed by atoms with E-state index >= 15 is 0 Å². The maximum Gasteiger partial charge on any atom is 0.250 e. The van der Waals surface area contributed by atoms with Gasteiger partial charge < -0.3 is 10.6 Å². The Balaban J connectivity index is 2.24. The predicted octanol–water partition coefficient (Wildman–Crippen LogP) is 2.38. The lowest BCUT2D eigenvalue weighted by atomic mass is 9.99. The van der Waals surface area contributed by atoms with Gasteiger partial charge in [-0.1, -0.05) is 32.9 Å². The van der Waals surface area contributed by atoms with Crippen LogP contribution in [0.2, 0.25) is 0 Å². The Kier molecular flexibility index (Phi) is 5.06. The van der Waals surface area contributed by atoms with Gasteiger partial charge in [-0.25, -0.2) is 0 Å². The van der Waals surface area contributed by atoms with Crippen LogP contribution in [0.5, 0.6) is 0 Å². The molecule has 2 N–H and O–H groups in total. The van der Waals surface area contributed by atoms with Crippen LogP contribution in [0.1, 0.15) is 34.1 Å². The zero-order valence-electron chi connectivity index (χ0n) is 13.7. The number of carbonyl (C=O) groups is 2. The number of para-hydroxylation sites is 2. The van der Waals surface area contributed by atoms with Gasteiger partial charge in [-0.3, -0.25) is 14.5 Å². The second-order valence-electron chi connectivity index (χ2n) is 6.18. The third-order valence-electron chi connectivity index (χ3n) is 4.03. The topological polar surface area (TPSA) is 61.4 Å². The van der Waals surface area contributed by atoms with Gasteiger partial charge in [0, 0.05) is 6.04 Å². The molecule has 0 radical (unpaired) electrons. The van der Waals surface area contributed by atoms with Gasteiger partial charge in [0.25, 0.3) is 0 Å². The van der Waals surface area contributed by atoms with Gasteiger partial charge in [-0.15, -0.1) is 0 Å². The average molecular weight is 303 g/mol. The van der Waals surface area contributed by atoms with Crippen LogP contribution in [0.4, 0.5) is 11.4 Å². The highest BCUT2D eigenvalue weighted by Gasteiger charge is 2.35. The molecule has 2 atom stereocenters. The molecule has 1 heterocycles. The highest BCUT2D eigenvalue weighted by Crippen LogP contribution is 2.32. The molecule has 0 aliphatic carbocycles. The van der Waals surface area contributed by atoms with Crippen molar-refractivity contribution in [1.82, 2.24) is 5.32 Å². The number of benzene rings is 1. The van der Waals surface area contributed by atoms with E-state index in [4.69, 9.17) is 0 Å². The largest absolute Gasteiger partial charge is 0.372 e. The normalized spacial score (nSPS) is 18.7. The predicted molar refractivity (Wildman–Crippen MR) is 88.9 cm³/mol. The summed E-state index contributed by atoms with van der Waals surface area (Å²) in [5.41, 5.74) is 1.67. The summed E-state index contributed by atoms with van der Waals surface area (Å²) >= 11 is 0. The lowest BCUT2D eigenvalue weighted by molar-refractivity contribution is -0.125. The zero-order chi connectivity index (χ0) is 16.3. The summed E-state index contributed by atoms with van der Waals surface area (Å²) in [5.74, 6) is -0.0177. The maximum absolute atomic E-state index is 12.7. The van der Waals surface area contributed by atoms with Crippen molar-refractivity contribution in [2.75, 3.05) is 16.8 Å². The Bertz CT molecular complexity index is 557. The van der Waals surface area contributed by atoms with Gasteiger partial charge in [0.1, 0.15) is 12.6 Å². The van der Waals surface area contributed by atoms with Crippen molar-refractivity contribution in [2.24, 2.45) is 5.92 Å². The molecular weight excluding hydrogens is 278 g/mol. The van der Waals surface area contributed by atoms with Crippen molar-refractivity contribution in [3.05, 3.63) is 24.3 Å². The van der Waals surface area contributed by atoms with Gasteiger partial charge in [0.2, 0.25) is 11.8 Å². The second kappa shape index (κ2) is 6.81. The summed E-state index contributed by atoms with van der Waals surface area (Å²) in [7, 11) is 0. The Morgan fingerprint density at radius 2 is 2.00 bits per heavy atom. The lowest BCUT2D eigenvalue weighted by Crippen LogP contribution is -2.53. The van der Waals surface area contributed by atoms with Gasteiger partial charge in [0.05, 0.1) is 11.4 Å². The van der Waals surface area contributed by atoms with E-state index in [0.717, 1.165) is 17.8 Å². The van der Waals surface area contributed by atoms with E-state index in [9.17, 15) is 9.59 Å². The molecule has 22 heavy (non-hydrogen) atoms. The third-order valence-corrected chi connectivity index (χ3v) is 4.03. The minimum absolute atomic E-state index is 0.0481. The summed E-state index contributed by atoms with van der Waals surface area (Å²) in [6.07, 6.45) is 0.868. The fourth-order valence-electron chi connectivity index (χ4n) is 2.53. The molecule has 1 aromatic carbocycles. The van der Waals surface area contributed by atoms with Crippen molar-refractivity contribution in [3.8, 4) is 0 Å². The van der Waals surface area contributed by atoms with Crippen molar-refractivity contribution < 1.29 is 9.59 Å². The lowest BCUT2D eigenvalue weighted by Gasteiger charge is -2.36. The fraction of sp³-hybridized carbons (Fsp3) is 0.529. The average Bonchev–Trinajstić information content (AvgIpc) is 2.49. The first-order valence-electron chi connectivity index (χ1n) is 7.90. The minimum Gasteiger partial charge on any atom is -0.372 e. The fourth-order valence-corrected chi connectivity index (χ4v) is 2.53. The SMILES string of the molecule is CCC(C)NC(=O)CN1C(=O)C(C(C)C)Nc2ccccc21. The van der Waals surface area contributed by atoms with Crippen LogP contribution < -0.4 is 15.5 Å². The number of hydrogen-bond acceptors (Lipinski definition) is 3. The van der Waals surface area contributed by atoms with E-state index in [0.29, 0.717) is 0 Å². The van der Waals surface area contributed by atoms with Crippen LogP contribution in [0.3, 0.4) is 0 Å². The molecule has 0 bridgehead atoms. The van der Waals surface area contributed by atoms with E-state index in [2.05, 4.69) is 10.6 Å². The summed E-state index contributed by atoms with van der Waals surface area (Å²) in [4.78, 5) is 26.5. The molecular formula is C17H25N3O2. The molecule has 2 rings (SSSR count). The highest BCUT2D eigenvalue weighted by molar-refractivity contribution is 6.07. The Labute approximate surface area is 132 Å². The van der Waals surface area contributed by atoms with Crippen LogP contribution in [0, 0.1) is 5.92 Å². The second-order valence-corrected chi connectivity index (χ2v) is 6.18. The van der Waals surface area contributed by atoms with E-state index < -0.39 is 0 Å². The van der Waals surface area contributed by atoms with E-state index in [1.54, 1.807) is 4.90 Å². The number of anilines is 2. The molecule has 0 spiro atoms. The Morgan fingerprint density at radius 1 is 1.32 bits per heavy atom. The maximum atomic E-state index is 12.7. The summed E-state index contributed by atoms with van der Waals surface area (Å²) in [6, 6.07) is 7.43. The molecule has 2 unspecified atom stereocenters. The van der Waals surface area contributed by atoms with Crippen LogP contribution in [0.25, 0.3) is 0 Å². The summed E-state index contributed by atoms with van der Waals surface area (Å²) in [5, 5.41) is 6.20. The molecule has 0 saturated heterocycles. The van der Waals surface area contributed by atoms with Gasteiger partial charge in [-0.2, -0.15) is 0 Å². The first-order chi connectivity index (χ1) is 10.4. The monoisotopic (exact) mass is 303 g/mol. The highest BCUT2D eigenvalue weighted by atomic mass is 16.2. The molecule has 1 aromatic rings. The molecule has 5 heteroatoms. The molecule has 1 aliphatic rings. The summed E-state index contributed by atoms with van der Waals surface area (Å²) in [6.45, 7) is 8.04. The smallest absolute Gasteiger partial charge is 0.250 e. The standard InChI is InChI=1S/C17H25N3O2/c1-5-12(4)18-15(21)10-20-14-9-7-6-8-13(14)19-16(11(2)3)17(20)22/h6-9,11-12,16,19H,5,10H2,1-4H3,(H,18,21). The Morgan fingerprint density at radius 3 is 2.64 bits per heavy atom. The van der Waals surface area contributed by atoms with Gasteiger partial charge >= 0.3 is 0 Å². The quantitative estimate of drug-likeness (QED) is 0.878. The van der Waals surface area contributed by atoms with Crippen molar-refractivity contribution in [3.63, 3.8) is 0 Å². The van der Waals surface area contributed by atoms with Crippen LogP contribution >= 0.6 is 0 Å². The molecule has 2 amide bonds. The van der Waals surface area contributed by atoms with Crippen molar-refractivity contribution >= 4 is 23.2 Å². The first kappa shape index (κ1) is 16.3. The number of nitrogens with zero attached hydrogens (tertiary/aromatic N) is 1. The molecule has 120 valence electrons. The summed E-state index contributed by atoms with van der Waals surface area (Å²) < 4.78 is 0. The van der Waals surface area contributed by atoms with E-state index in [1.165, 1.54) is 0 Å². The molecule has 0 saturated carbocycles. The van der Waals surface area contributed by atoms with Crippen LogP contribution in [-0.4, -0.2) is 30.4 Å². The molecule has 1 aliphatic heterocycles. The van der Waals surface area contributed by atoms with Crippen molar-refractivity contribution in [2.45, 2.75) is 46.2 Å². The van der Waals surface area contributed by atoms with E-state index in [-0.39, 0.29) is 36.4 Å². The van der Waals surface area contributed by atoms with Crippen molar-refractivity contribution in [1.29, 1.82) is 0 Å². The number of fused-ring (bicyclic) bond motifs is 1. The van der Waals surface area contributed by atoms with Gasteiger partial charge in [0.15, 0.2) is 0 Å². The number of amides is 2. The Hall–Kier alpha value is -2.04. The minimum atomic E-state index is -0.300. The van der Waals surface area contributed by atoms with Gasteiger partial charge in [-0.05, 0) is 31.4 Å². The molecule has 0 aromatic heterocycles.